The molecule has 0 aliphatic rings. The van der Waals surface area contributed by atoms with Crippen LogP contribution in [0.4, 0.5) is 0 Å². The van der Waals surface area contributed by atoms with E-state index in [1.807, 2.05) is 0 Å². The van der Waals surface area contributed by atoms with Crippen molar-refractivity contribution in [1.29, 1.82) is 0 Å². The van der Waals surface area contributed by atoms with Crippen molar-refractivity contribution in [2.45, 2.75) is 17.9 Å². The van der Waals surface area contributed by atoms with Gasteiger partial charge in [-0.25, -0.2) is 13.1 Å². The molecule has 1 unspecified atom stereocenters. The zero-order chi connectivity index (χ0) is 15.6. The van der Waals surface area contributed by atoms with Gasteiger partial charge in [0.05, 0.1) is 16.0 Å². The number of hydrogen-bond donors (Lipinski definition) is 3. The molecule has 1 aromatic carbocycles. The van der Waals surface area contributed by atoms with Gasteiger partial charge >= 0.3 is 0 Å². The second kappa shape index (κ2) is 6.02. The van der Waals surface area contributed by atoms with Gasteiger partial charge in [-0.15, -0.1) is 10.2 Å². The van der Waals surface area contributed by atoms with E-state index in [2.05, 4.69) is 25.3 Å². The Kier molecular flexibility index (Phi) is 4.52. The van der Waals surface area contributed by atoms with E-state index >= 15 is 0 Å². The molecule has 0 radical (unpaired) electrons. The van der Waals surface area contributed by atoms with Crippen molar-refractivity contribution in [2.24, 2.45) is 5.73 Å². The lowest BCUT2D eigenvalue weighted by Crippen LogP contribution is -2.27. The van der Waals surface area contributed by atoms with E-state index < -0.39 is 16.1 Å². The van der Waals surface area contributed by atoms with Crippen molar-refractivity contribution >= 4 is 38.8 Å². The molecule has 11 heteroatoms. The van der Waals surface area contributed by atoms with Crippen molar-refractivity contribution in [1.82, 2.24) is 25.3 Å². The summed E-state index contributed by atoms with van der Waals surface area (Å²) in [4.78, 5) is 0.0833. The van der Waals surface area contributed by atoms with Gasteiger partial charge in [-0.2, -0.15) is 5.21 Å². The molecule has 2 aromatic rings. The smallest absolute Gasteiger partial charge is 0.241 e. The molecule has 0 saturated heterocycles. The lowest BCUT2D eigenvalue weighted by Gasteiger charge is -2.12. The molecule has 1 atom stereocenters. The number of benzene rings is 1. The number of aromatic nitrogens is 4. The van der Waals surface area contributed by atoms with E-state index in [1.54, 1.807) is 6.92 Å². The van der Waals surface area contributed by atoms with E-state index in [9.17, 15) is 8.42 Å². The normalized spacial score (nSPS) is 13.0. The van der Waals surface area contributed by atoms with Crippen LogP contribution in [0.25, 0.3) is 0 Å². The molecule has 1 aromatic heterocycles. The lowest BCUT2D eigenvalue weighted by molar-refractivity contribution is 0.560. The maximum Gasteiger partial charge on any atom is 0.241 e. The summed E-state index contributed by atoms with van der Waals surface area (Å²) in [5, 5.41) is 13.2. The Morgan fingerprint density at radius 1 is 1.52 bits per heavy atom. The summed E-state index contributed by atoms with van der Waals surface area (Å²) in [5.41, 5.74) is 5.89. The molecule has 0 bridgehead atoms. The number of tetrazole rings is 1. The second-order valence-corrected chi connectivity index (χ2v) is 6.68. The predicted octanol–water partition coefficient (Wildman–Crippen LogP) is 0.527. The molecule has 1 heterocycles. The van der Waals surface area contributed by atoms with Gasteiger partial charge in [0, 0.05) is 5.56 Å². The van der Waals surface area contributed by atoms with Gasteiger partial charge in [-0.1, -0.05) is 29.0 Å². The molecule has 8 nitrogen and oxygen atoms in total. The third-order valence-electron chi connectivity index (χ3n) is 2.60. The summed E-state index contributed by atoms with van der Waals surface area (Å²) in [6.45, 7) is 1.59. The van der Waals surface area contributed by atoms with Crippen LogP contribution >= 0.6 is 23.8 Å². The second-order valence-electron chi connectivity index (χ2n) is 4.12. The Labute approximate surface area is 131 Å². The maximum atomic E-state index is 12.3. The zero-order valence-electron chi connectivity index (χ0n) is 10.7. The van der Waals surface area contributed by atoms with Crippen LogP contribution in [0.1, 0.15) is 24.4 Å². The van der Waals surface area contributed by atoms with Crippen molar-refractivity contribution in [3.8, 4) is 0 Å². The van der Waals surface area contributed by atoms with Crippen LogP contribution in [0.3, 0.4) is 0 Å². The van der Waals surface area contributed by atoms with E-state index in [1.165, 1.54) is 18.2 Å². The Morgan fingerprint density at radius 2 is 2.24 bits per heavy atom. The van der Waals surface area contributed by atoms with Crippen LogP contribution in [0, 0.1) is 0 Å². The van der Waals surface area contributed by atoms with Crippen LogP contribution in [-0.2, 0) is 10.0 Å². The first-order chi connectivity index (χ1) is 9.81. The fourth-order valence-corrected chi connectivity index (χ4v) is 3.38. The molecule has 0 spiro atoms. The van der Waals surface area contributed by atoms with Crippen LogP contribution in [0.5, 0.6) is 0 Å². The van der Waals surface area contributed by atoms with Crippen LogP contribution in [-0.4, -0.2) is 34.0 Å². The number of rotatable bonds is 5. The summed E-state index contributed by atoms with van der Waals surface area (Å²) >= 11 is 10.8. The molecule has 112 valence electrons. The highest BCUT2D eigenvalue weighted by Crippen LogP contribution is 2.22. The monoisotopic (exact) mass is 346 g/mol. The minimum Gasteiger partial charge on any atom is -0.389 e. The number of hydrogen-bond acceptors (Lipinski definition) is 6. The van der Waals surface area contributed by atoms with E-state index in [0.717, 1.165) is 0 Å². The van der Waals surface area contributed by atoms with Crippen molar-refractivity contribution in [3.63, 3.8) is 0 Å². The molecular weight excluding hydrogens is 336 g/mol. The van der Waals surface area contributed by atoms with Gasteiger partial charge < -0.3 is 5.73 Å². The summed E-state index contributed by atoms with van der Waals surface area (Å²) in [6.07, 6.45) is 0. The van der Waals surface area contributed by atoms with Crippen LogP contribution < -0.4 is 10.5 Å². The number of H-pyrrole nitrogens is 1. The number of nitrogens with two attached hydrogens (primary N) is 1. The quantitative estimate of drug-likeness (QED) is 0.674. The molecule has 0 amide bonds. The fraction of sp³-hybridized carbons (Fsp3) is 0.200. The average Bonchev–Trinajstić information content (AvgIpc) is 2.91. The standard InChI is InChI=1S/C10H11ClN6O2S2/c1-5(10-13-16-17-14-10)15-21(18,19)6-2-3-7(9(12)20)8(11)4-6/h2-5,15H,1H3,(H2,12,20)(H,13,14,16,17). The summed E-state index contributed by atoms with van der Waals surface area (Å²) in [6, 6.07) is 3.45. The Bertz CT molecular complexity index is 762. The third-order valence-corrected chi connectivity index (χ3v) is 4.67. The number of nitrogens with zero attached hydrogens (tertiary/aromatic N) is 3. The highest BCUT2D eigenvalue weighted by atomic mass is 35.5. The predicted molar refractivity (Wildman–Crippen MR) is 80.3 cm³/mol. The van der Waals surface area contributed by atoms with Crippen molar-refractivity contribution < 1.29 is 8.42 Å². The topological polar surface area (TPSA) is 127 Å². The largest absolute Gasteiger partial charge is 0.389 e. The van der Waals surface area contributed by atoms with Crippen LogP contribution in [0.15, 0.2) is 23.1 Å². The van der Waals surface area contributed by atoms with Gasteiger partial charge in [-0.05, 0) is 25.1 Å². The van der Waals surface area contributed by atoms with E-state index in [0.29, 0.717) is 5.56 Å². The van der Waals surface area contributed by atoms with Gasteiger partial charge in [0.1, 0.15) is 4.99 Å². The highest BCUT2D eigenvalue weighted by Gasteiger charge is 2.21. The number of halogens is 1. The minimum atomic E-state index is -3.79. The molecule has 0 aliphatic heterocycles. The minimum absolute atomic E-state index is 0.0113. The molecule has 2 rings (SSSR count). The molecule has 21 heavy (non-hydrogen) atoms. The molecule has 0 saturated carbocycles. The summed E-state index contributed by atoms with van der Waals surface area (Å²) in [5.74, 6) is 0.226. The number of nitrogens with one attached hydrogen (secondary N) is 2. The molecule has 0 aliphatic carbocycles. The summed E-state index contributed by atoms with van der Waals surface area (Å²) in [7, 11) is -3.79. The first-order valence-corrected chi connectivity index (χ1v) is 7.93. The molecule has 4 N–H and O–H groups in total. The van der Waals surface area contributed by atoms with Gasteiger partial charge in [0.15, 0.2) is 5.82 Å². The number of aromatic amines is 1. The number of sulfonamides is 1. The average molecular weight is 347 g/mol. The maximum absolute atomic E-state index is 12.3. The van der Waals surface area contributed by atoms with Gasteiger partial charge in [-0.3, -0.25) is 0 Å². The molecule has 0 fully saturated rings. The fourth-order valence-electron chi connectivity index (χ4n) is 1.57. The van der Waals surface area contributed by atoms with E-state index in [-0.39, 0.29) is 20.7 Å². The Hall–Kier alpha value is -1.62. The first-order valence-electron chi connectivity index (χ1n) is 5.66. The zero-order valence-corrected chi connectivity index (χ0v) is 13.1. The van der Waals surface area contributed by atoms with Crippen LogP contribution in [0.2, 0.25) is 5.02 Å². The SMILES string of the molecule is CC(NS(=O)(=O)c1ccc(C(N)=S)c(Cl)c1)c1nn[nH]n1. The highest BCUT2D eigenvalue weighted by molar-refractivity contribution is 7.89. The molecular formula is C10H11ClN6O2S2. The third kappa shape index (κ3) is 3.53. The van der Waals surface area contributed by atoms with Crippen molar-refractivity contribution in [3.05, 3.63) is 34.6 Å². The lowest BCUT2D eigenvalue weighted by atomic mass is 10.2. The Morgan fingerprint density at radius 3 is 2.76 bits per heavy atom. The van der Waals surface area contributed by atoms with Gasteiger partial charge in [0.25, 0.3) is 0 Å². The number of thiocarbonyl (C=S) groups is 1. The first kappa shape index (κ1) is 15.8. The summed E-state index contributed by atoms with van der Waals surface area (Å²) < 4.78 is 26.9. The van der Waals surface area contributed by atoms with Crippen molar-refractivity contribution in [2.75, 3.05) is 0 Å². The van der Waals surface area contributed by atoms with E-state index in [4.69, 9.17) is 29.6 Å². The van der Waals surface area contributed by atoms with Gasteiger partial charge in [0.2, 0.25) is 10.0 Å². The Balaban J connectivity index is 2.28.